The Morgan fingerprint density at radius 3 is 2.68 bits per heavy atom. The molecule has 0 saturated carbocycles. The molecule has 0 radical (unpaired) electrons. The maximum absolute atomic E-state index is 6.32. The van der Waals surface area contributed by atoms with E-state index in [2.05, 4.69) is 55.0 Å². The summed E-state index contributed by atoms with van der Waals surface area (Å²) in [7, 11) is 0. The van der Waals surface area contributed by atoms with Crippen molar-refractivity contribution in [2.24, 2.45) is 5.73 Å². The van der Waals surface area contributed by atoms with Crippen molar-refractivity contribution >= 4 is 54.1 Å². The van der Waals surface area contributed by atoms with Crippen LogP contribution in [-0.2, 0) is 0 Å². The Kier molecular flexibility index (Phi) is 3.71. The third-order valence-corrected chi connectivity index (χ3v) is 6.28. The van der Waals surface area contributed by atoms with Crippen LogP contribution in [0.2, 0.25) is 0 Å². The summed E-state index contributed by atoms with van der Waals surface area (Å²) in [5.41, 5.74) is 8.34. The summed E-state index contributed by atoms with van der Waals surface area (Å²) in [6, 6.07) is 12.1. The molecule has 96 valence electrons. The Labute approximate surface area is 131 Å². The number of rotatable bonds is 2. The summed E-state index contributed by atoms with van der Waals surface area (Å²) in [5.74, 6) is 0. The van der Waals surface area contributed by atoms with Crippen molar-refractivity contribution in [1.29, 1.82) is 0 Å². The van der Waals surface area contributed by atoms with E-state index in [1.165, 1.54) is 0 Å². The van der Waals surface area contributed by atoms with Crippen LogP contribution in [-0.4, -0.2) is 4.98 Å². The van der Waals surface area contributed by atoms with Crippen molar-refractivity contribution < 1.29 is 0 Å². The van der Waals surface area contributed by atoms with Crippen LogP contribution in [0.25, 0.3) is 10.9 Å². The number of thiophene rings is 1. The minimum atomic E-state index is -0.148. The van der Waals surface area contributed by atoms with Gasteiger partial charge < -0.3 is 5.73 Å². The van der Waals surface area contributed by atoms with Gasteiger partial charge in [0.1, 0.15) is 0 Å². The Morgan fingerprint density at radius 2 is 1.95 bits per heavy atom. The van der Waals surface area contributed by atoms with E-state index in [1.54, 1.807) is 11.3 Å². The van der Waals surface area contributed by atoms with Gasteiger partial charge in [-0.25, -0.2) is 0 Å². The third kappa shape index (κ3) is 2.60. The lowest BCUT2D eigenvalue weighted by atomic mass is 10.1. The minimum absolute atomic E-state index is 0.148. The lowest BCUT2D eigenvalue weighted by Gasteiger charge is -2.10. The molecule has 1 aromatic carbocycles. The van der Waals surface area contributed by atoms with Crippen molar-refractivity contribution in [1.82, 2.24) is 4.98 Å². The molecule has 0 aliphatic rings. The highest BCUT2D eigenvalue weighted by atomic mass is 79.9. The lowest BCUT2D eigenvalue weighted by molar-refractivity contribution is 0.888. The van der Waals surface area contributed by atoms with Gasteiger partial charge in [-0.2, -0.15) is 0 Å². The second-order valence-electron chi connectivity index (χ2n) is 4.21. The van der Waals surface area contributed by atoms with Gasteiger partial charge in [0, 0.05) is 20.9 Å². The van der Waals surface area contributed by atoms with Gasteiger partial charge in [-0.1, -0.05) is 18.2 Å². The number of hydrogen-bond acceptors (Lipinski definition) is 3. The van der Waals surface area contributed by atoms with E-state index in [0.29, 0.717) is 0 Å². The molecule has 0 fully saturated rings. The standard InChI is InChI=1S/C14H10Br2N2S/c15-10-6-12(19-14(10)16)13(17)9-5-8-3-1-2-4-11(8)18-7-9/h1-7,13H,17H2. The summed E-state index contributed by atoms with van der Waals surface area (Å²) in [6.07, 6.45) is 1.86. The molecular weight excluding hydrogens is 388 g/mol. The van der Waals surface area contributed by atoms with Gasteiger partial charge in [0.05, 0.1) is 15.3 Å². The molecule has 3 aromatic rings. The summed E-state index contributed by atoms with van der Waals surface area (Å²) >= 11 is 8.63. The predicted molar refractivity (Wildman–Crippen MR) is 87.5 cm³/mol. The molecule has 0 aliphatic heterocycles. The molecule has 2 nitrogen and oxygen atoms in total. The summed E-state index contributed by atoms with van der Waals surface area (Å²) in [6.45, 7) is 0. The number of hydrogen-bond donors (Lipinski definition) is 1. The van der Waals surface area contributed by atoms with E-state index in [0.717, 1.165) is 29.6 Å². The van der Waals surface area contributed by atoms with Crippen molar-refractivity contribution in [3.05, 3.63) is 61.3 Å². The fourth-order valence-corrected chi connectivity index (χ4v) is 4.06. The highest BCUT2D eigenvalue weighted by Crippen LogP contribution is 2.36. The number of benzene rings is 1. The summed E-state index contributed by atoms with van der Waals surface area (Å²) < 4.78 is 2.10. The van der Waals surface area contributed by atoms with Gasteiger partial charge in [-0.05, 0) is 55.6 Å². The number of pyridine rings is 1. The Balaban J connectivity index is 2.03. The molecule has 19 heavy (non-hydrogen) atoms. The number of nitrogens with zero attached hydrogens (tertiary/aromatic N) is 1. The second-order valence-corrected chi connectivity index (χ2v) is 7.47. The second kappa shape index (κ2) is 5.32. The molecule has 0 amide bonds. The van der Waals surface area contributed by atoms with Crippen molar-refractivity contribution in [3.63, 3.8) is 0 Å². The molecule has 0 spiro atoms. The number of nitrogens with two attached hydrogens (primary N) is 1. The molecule has 0 saturated heterocycles. The minimum Gasteiger partial charge on any atom is -0.320 e. The van der Waals surface area contributed by atoms with Crippen LogP contribution >= 0.6 is 43.2 Å². The molecular formula is C14H10Br2N2S. The normalized spacial score (nSPS) is 12.8. The molecule has 2 aromatic heterocycles. The maximum atomic E-state index is 6.32. The lowest BCUT2D eigenvalue weighted by Crippen LogP contribution is -2.10. The molecule has 2 N–H and O–H groups in total. The highest BCUT2D eigenvalue weighted by Gasteiger charge is 2.14. The topological polar surface area (TPSA) is 38.9 Å². The van der Waals surface area contributed by atoms with E-state index in [9.17, 15) is 0 Å². The molecule has 1 unspecified atom stereocenters. The SMILES string of the molecule is NC(c1cnc2ccccc2c1)c1cc(Br)c(Br)s1. The van der Waals surface area contributed by atoms with Crippen LogP contribution in [0.4, 0.5) is 0 Å². The molecule has 0 bridgehead atoms. The fourth-order valence-electron chi connectivity index (χ4n) is 1.94. The first kappa shape index (κ1) is 13.2. The molecule has 3 rings (SSSR count). The van der Waals surface area contributed by atoms with Crippen LogP contribution in [0.1, 0.15) is 16.5 Å². The smallest absolute Gasteiger partial charge is 0.0843 e. The fraction of sp³-hybridized carbons (Fsp3) is 0.0714. The van der Waals surface area contributed by atoms with Crippen LogP contribution in [0.5, 0.6) is 0 Å². The number of para-hydroxylation sites is 1. The Morgan fingerprint density at radius 1 is 1.16 bits per heavy atom. The number of aromatic nitrogens is 1. The maximum Gasteiger partial charge on any atom is 0.0843 e. The third-order valence-electron chi connectivity index (χ3n) is 2.94. The number of halogens is 2. The molecule has 1 atom stereocenters. The van der Waals surface area contributed by atoms with Gasteiger partial charge in [0.25, 0.3) is 0 Å². The average Bonchev–Trinajstić information content (AvgIpc) is 2.77. The predicted octanol–water partition coefficient (Wildman–Crippen LogP) is 4.87. The molecule has 5 heteroatoms. The molecule has 0 aliphatic carbocycles. The zero-order valence-corrected chi connectivity index (χ0v) is 13.8. The summed E-state index contributed by atoms with van der Waals surface area (Å²) in [5, 5.41) is 1.12. The van der Waals surface area contributed by atoms with E-state index in [-0.39, 0.29) is 6.04 Å². The van der Waals surface area contributed by atoms with E-state index < -0.39 is 0 Å². The Bertz CT molecular complexity index is 720. The van der Waals surface area contributed by atoms with Crippen LogP contribution in [0.15, 0.2) is 50.9 Å². The average molecular weight is 398 g/mol. The number of fused-ring (bicyclic) bond motifs is 1. The van der Waals surface area contributed by atoms with Crippen molar-refractivity contribution in [2.75, 3.05) is 0 Å². The first-order valence-corrected chi connectivity index (χ1v) is 8.10. The summed E-state index contributed by atoms with van der Waals surface area (Å²) in [4.78, 5) is 5.57. The van der Waals surface area contributed by atoms with Gasteiger partial charge >= 0.3 is 0 Å². The quantitative estimate of drug-likeness (QED) is 0.669. The van der Waals surface area contributed by atoms with Crippen molar-refractivity contribution in [2.45, 2.75) is 6.04 Å². The van der Waals surface area contributed by atoms with Crippen LogP contribution in [0, 0.1) is 0 Å². The van der Waals surface area contributed by atoms with Crippen molar-refractivity contribution in [3.8, 4) is 0 Å². The van der Waals surface area contributed by atoms with Crippen LogP contribution in [0.3, 0.4) is 0 Å². The van der Waals surface area contributed by atoms with Crippen LogP contribution < -0.4 is 5.73 Å². The largest absolute Gasteiger partial charge is 0.320 e. The van der Waals surface area contributed by atoms with Gasteiger partial charge in [0.2, 0.25) is 0 Å². The molecule has 2 heterocycles. The van der Waals surface area contributed by atoms with Gasteiger partial charge in [0.15, 0.2) is 0 Å². The first-order chi connectivity index (χ1) is 9.15. The van der Waals surface area contributed by atoms with E-state index >= 15 is 0 Å². The van der Waals surface area contributed by atoms with Gasteiger partial charge in [-0.3, -0.25) is 4.98 Å². The van der Waals surface area contributed by atoms with E-state index in [1.807, 2.05) is 24.4 Å². The Hall–Kier alpha value is -0.750. The monoisotopic (exact) mass is 396 g/mol. The zero-order valence-electron chi connectivity index (χ0n) is 9.81. The van der Waals surface area contributed by atoms with Gasteiger partial charge in [-0.15, -0.1) is 11.3 Å². The zero-order chi connectivity index (χ0) is 13.4. The van der Waals surface area contributed by atoms with E-state index in [4.69, 9.17) is 5.73 Å². The highest BCUT2D eigenvalue weighted by molar-refractivity contribution is 9.13. The first-order valence-electron chi connectivity index (χ1n) is 5.70.